The summed E-state index contributed by atoms with van der Waals surface area (Å²) >= 11 is 0. The summed E-state index contributed by atoms with van der Waals surface area (Å²) in [5.74, 6) is -2.68. The smallest absolute Gasteiger partial charge is 0.326 e. The van der Waals surface area contributed by atoms with Crippen molar-refractivity contribution >= 4 is 29.7 Å². The highest BCUT2D eigenvalue weighted by Gasteiger charge is 2.38. The largest absolute Gasteiger partial charge is 0.508 e. The molecule has 4 unspecified atom stereocenters. The first-order chi connectivity index (χ1) is 18.4. The Morgan fingerprint density at radius 3 is 2.31 bits per heavy atom. The SMILES string of the molecule is CC(C)CC(NC(=O)C(CCCN=C(N)N)NC(=O)C(N)Cc1ccc(O)cc1)C(=O)N1CCCC1C(=O)O. The number of hydrogen-bond acceptors (Lipinski definition) is 7. The molecule has 1 aliphatic heterocycles. The summed E-state index contributed by atoms with van der Waals surface area (Å²) in [7, 11) is 0. The highest BCUT2D eigenvalue weighted by Crippen LogP contribution is 2.20. The topological polar surface area (TPSA) is 226 Å². The number of phenolic OH excluding ortho intramolecular Hbond substituents is 1. The minimum absolute atomic E-state index is 0.0266. The van der Waals surface area contributed by atoms with Gasteiger partial charge in [0.15, 0.2) is 5.96 Å². The molecule has 2 rings (SSSR count). The van der Waals surface area contributed by atoms with Crippen LogP contribution >= 0.6 is 0 Å². The number of hydrogen-bond donors (Lipinski definition) is 7. The first-order valence-electron chi connectivity index (χ1n) is 13.1. The number of rotatable bonds is 14. The number of carbonyl (C=O) groups is 4. The van der Waals surface area contributed by atoms with Crippen molar-refractivity contribution < 1.29 is 29.4 Å². The summed E-state index contributed by atoms with van der Waals surface area (Å²) < 4.78 is 0. The van der Waals surface area contributed by atoms with Gasteiger partial charge in [-0.3, -0.25) is 19.4 Å². The van der Waals surface area contributed by atoms with Gasteiger partial charge in [-0.05, 0) is 62.1 Å². The van der Waals surface area contributed by atoms with Gasteiger partial charge < -0.3 is 42.9 Å². The Bertz CT molecular complexity index is 1030. The second-order valence-electron chi connectivity index (χ2n) is 10.2. The number of aliphatic carboxylic acids is 1. The summed E-state index contributed by atoms with van der Waals surface area (Å²) in [6.45, 7) is 4.30. The molecule has 1 saturated heterocycles. The van der Waals surface area contributed by atoms with Gasteiger partial charge in [-0.2, -0.15) is 0 Å². The predicted molar refractivity (Wildman–Crippen MR) is 145 cm³/mol. The molecule has 1 heterocycles. The highest BCUT2D eigenvalue weighted by molar-refractivity contribution is 5.94. The van der Waals surface area contributed by atoms with Gasteiger partial charge in [-0.1, -0.05) is 26.0 Å². The second-order valence-corrected chi connectivity index (χ2v) is 10.2. The van der Waals surface area contributed by atoms with E-state index >= 15 is 0 Å². The van der Waals surface area contributed by atoms with Crippen LogP contribution in [0.25, 0.3) is 0 Å². The van der Waals surface area contributed by atoms with E-state index in [0.717, 1.165) is 5.56 Å². The summed E-state index contributed by atoms with van der Waals surface area (Å²) in [5.41, 5.74) is 17.6. The number of carbonyl (C=O) groups excluding carboxylic acids is 3. The number of guanidine groups is 1. The Labute approximate surface area is 228 Å². The van der Waals surface area contributed by atoms with E-state index in [9.17, 15) is 29.4 Å². The van der Waals surface area contributed by atoms with Gasteiger partial charge >= 0.3 is 5.97 Å². The van der Waals surface area contributed by atoms with Crippen molar-refractivity contribution in [1.29, 1.82) is 0 Å². The summed E-state index contributed by atoms with van der Waals surface area (Å²) in [6.07, 6.45) is 1.92. The molecule has 1 aromatic carbocycles. The number of nitrogens with one attached hydrogen (secondary N) is 2. The van der Waals surface area contributed by atoms with Gasteiger partial charge in [-0.25, -0.2) is 4.79 Å². The summed E-state index contributed by atoms with van der Waals surface area (Å²) in [5, 5.41) is 24.4. The van der Waals surface area contributed by atoms with E-state index in [0.29, 0.717) is 32.2 Å². The van der Waals surface area contributed by atoms with Crippen LogP contribution in [0.1, 0.15) is 51.5 Å². The number of benzene rings is 1. The molecule has 39 heavy (non-hydrogen) atoms. The standard InChI is InChI=1S/C26H41N7O6/c1-15(2)13-20(24(37)33-12-4-6-21(33)25(38)39)32-23(36)19(5-3-11-30-26(28)29)31-22(35)18(27)14-16-7-9-17(34)10-8-16/h7-10,15,18-21,34H,3-6,11-14,27H2,1-2H3,(H,31,35)(H,32,36)(H,38,39)(H4,28,29,30). The quantitative estimate of drug-likeness (QED) is 0.0895. The van der Waals surface area contributed by atoms with Crippen molar-refractivity contribution in [3.63, 3.8) is 0 Å². The molecule has 216 valence electrons. The van der Waals surface area contributed by atoms with E-state index in [-0.39, 0.29) is 37.0 Å². The van der Waals surface area contributed by atoms with Crippen LogP contribution in [0.3, 0.4) is 0 Å². The Morgan fingerprint density at radius 2 is 1.72 bits per heavy atom. The van der Waals surface area contributed by atoms with E-state index in [4.69, 9.17) is 17.2 Å². The molecular weight excluding hydrogens is 506 g/mol. The summed E-state index contributed by atoms with van der Waals surface area (Å²) in [6, 6.07) is 2.37. The number of phenols is 1. The van der Waals surface area contributed by atoms with Gasteiger partial charge in [0.1, 0.15) is 23.9 Å². The third-order valence-electron chi connectivity index (χ3n) is 6.45. The molecule has 3 amide bonds. The van der Waals surface area contributed by atoms with E-state index < -0.39 is 47.9 Å². The van der Waals surface area contributed by atoms with E-state index in [1.807, 2.05) is 13.8 Å². The molecule has 0 bridgehead atoms. The van der Waals surface area contributed by atoms with Crippen molar-refractivity contribution in [2.45, 2.75) is 76.5 Å². The lowest BCUT2D eigenvalue weighted by atomic mass is 10.0. The first-order valence-corrected chi connectivity index (χ1v) is 13.1. The van der Waals surface area contributed by atoms with Gasteiger partial charge in [-0.15, -0.1) is 0 Å². The maximum absolute atomic E-state index is 13.4. The molecule has 1 aromatic rings. The molecule has 0 saturated carbocycles. The fourth-order valence-electron chi connectivity index (χ4n) is 4.48. The second kappa shape index (κ2) is 14.9. The lowest BCUT2D eigenvalue weighted by Gasteiger charge is -2.29. The molecule has 0 aliphatic carbocycles. The zero-order chi connectivity index (χ0) is 29.1. The molecule has 10 N–H and O–H groups in total. The van der Waals surface area contributed by atoms with Crippen LogP contribution in [0.2, 0.25) is 0 Å². The lowest BCUT2D eigenvalue weighted by Crippen LogP contribution is -2.57. The Kier molecular flexibility index (Phi) is 12.0. The van der Waals surface area contributed by atoms with E-state index in [1.54, 1.807) is 12.1 Å². The molecule has 13 nitrogen and oxygen atoms in total. The van der Waals surface area contributed by atoms with Crippen LogP contribution in [0.15, 0.2) is 29.3 Å². The third kappa shape index (κ3) is 10.1. The zero-order valence-corrected chi connectivity index (χ0v) is 22.5. The summed E-state index contributed by atoms with van der Waals surface area (Å²) in [4.78, 5) is 56.5. The predicted octanol–water partition coefficient (Wildman–Crippen LogP) is -0.593. The van der Waals surface area contributed by atoms with Crippen LogP contribution in [-0.2, 0) is 25.6 Å². The molecule has 0 radical (unpaired) electrons. The van der Waals surface area contributed by atoms with Gasteiger partial charge in [0.25, 0.3) is 0 Å². The average Bonchev–Trinajstić information content (AvgIpc) is 3.36. The number of aliphatic imine (C=N–C) groups is 1. The normalized spacial score (nSPS) is 17.2. The molecule has 4 atom stereocenters. The van der Waals surface area contributed by atoms with Crippen LogP contribution in [0.4, 0.5) is 0 Å². The lowest BCUT2D eigenvalue weighted by molar-refractivity contribution is -0.149. The average molecular weight is 548 g/mol. The number of likely N-dealkylation sites (tertiary alicyclic amines) is 1. The fourth-order valence-corrected chi connectivity index (χ4v) is 4.48. The molecule has 0 aromatic heterocycles. The van der Waals surface area contributed by atoms with Crippen molar-refractivity contribution in [3.8, 4) is 5.75 Å². The highest BCUT2D eigenvalue weighted by atomic mass is 16.4. The molecule has 1 aliphatic rings. The first kappa shape index (κ1) is 31.3. The number of carboxylic acid groups (broad SMARTS) is 1. The number of nitrogens with zero attached hydrogens (tertiary/aromatic N) is 2. The van der Waals surface area contributed by atoms with Crippen LogP contribution in [-0.4, -0.2) is 82.0 Å². The Morgan fingerprint density at radius 1 is 1.08 bits per heavy atom. The van der Waals surface area contributed by atoms with Crippen molar-refractivity contribution in [2.75, 3.05) is 13.1 Å². The minimum atomic E-state index is -1.08. The molecular formula is C26H41N7O6. The maximum Gasteiger partial charge on any atom is 0.326 e. The van der Waals surface area contributed by atoms with Gasteiger partial charge in [0.2, 0.25) is 17.7 Å². The molecule has 1 fully saturated rings. The Hall–Kier alpha value is -3.87. The molecule has 13 heteroatoms. The monoisotopic (exact) mass is 547 g/mol. The van der Waals surface area contributed by atoms with Gasteiger partial charge in [0.05, 0.1) is 6.04 Å². The zero-order valence-electron chi connectivity index (χ0n) is 22.5. The van der Waals surface area contributed by atoms with Crippen LogP contribution in [0.5, 0.6) is 5.75 Å². The van der Waals surface area contributed by atoms with Crippen LogP contribution < -0.4 is 27.8 Å². The minimum Gasteiger partial charge on any atom is -0.508 e. The molecule has 0 spiro atoms. The number of carboxylic acids is 1. The van der Waals surface area contributed by atoms with Gasteiger partial charge in [0, 0.05) is 13.1 Å². The Balaban J connectivity index is 2.16. The fraction of sp³-hybridized carbons (Fsp3) is 0.577. The van der Waals surface area contributed by atoms with E-state index in [1.165, 1.54) is 17.0 Å². The number of nitrogens with two attached hydrogens (primary N) is 3. The van der Waals surface area contributed by atoms with Crippen molar-refractivity contribution in [1.82, 2.24) is 15.5 Å². The van der Waals surface area contributed by atoms with Crippen LogP contribution in [0, 0.1) is 5.92 Å². The number of aromatic hydroxyl groups is 1. The van der Waals surface area contributed by atoms with Crippen molar-refractivity contribution in [2.24, 2.45) is 28.1 Å². The number of amides is 3. The van der Waals surface area contributed by atoms with Crippen molar-refractivity contribution in [3.05, 3.63) is 29.8 Å². The maximum atomic E-state index is 13.4. The van der Waals surface area contributed by atoms with E-state index in [2.05, 4.69) is 15.6 Å². The third-order valence-corrected chi connectivity index (χ3v) is 6.45.